The van der Waals surface area contributed by atoms with Crippen molar-refractivity contribution in [3.8, 4) is 5.75 Å². The summed E-state index contributed by atoms with van der Waals surface area (Å²) in [5.74, 6) is -3.23. The zero-order valence-corrected chi connectivity index (χ0v) is 18.4. The molecule has 0 unspecified atom stereocenters. The van der Waals surface area contributed by atoms with E-state index in [9.17, 15) is 39.6 Å². The highest BCUT2D eigenvalue weighted by molar-refractivity contribution is 7.90. The molecule has 1 aromatic heterocycles. The predicted molar refractivity (Wildman–Crippen MR) is 115 cm³/mol. The van der Waals surface area contributed by atoms with Crippen LogP contribution in [0.5, 0.6) is 5.75 Å². The quantitative estimate of drug-likeness (QED) is 0.343. The summed E-state index contributed by atoms with van der Waals surface area (Å²) in [5.41, 5.74) is -2.98. The van der Waals surface area contributed by atoms with Gasteiger partial charge in [0.25, 0.3) is 15.9 Å². The fourth-order valence-corrected chi connectivity index (χ4v) is 4.66. The number of anilines is 1. The van der Waals surface area contributed by atoms with Gasteiger partial charge in [0.05, 0.1) is 27.7 Å². The Kier molecular flexibility index (Phi) is 6.39. The highest BCUT2D eigenvalue weighted by Gasteiger charge is 2.36. The van der Waals surface area contributed by atoms with Gasteiger partial charge in [0.2, 0.25) is 0 Å². The van der Waals surface area contributed by atoms with Crippen LogP contribution in [-0.4, -0.2) is 30.1 Å². The third-order valence-electron chi connectivity index (χ3n) is 4.90. The molecular weight excluding hydrogens is 516 g/mol. The summed E-state index contributed by atoms with van der Waals surface area (Å²) in [5, 5.41) is 6.18. The number of nitrogens with one attached hydrogen (secondary N) is 1. The molecule has 0 saturated carbocycles. The van der Waals surface area contributed by atoms with Gasteiger partial charge in [-0.15, -0.1) is 0 Å². The van der Waals surface area contributed by atoms with Crippen LogP contribution < -0.4 is 10.1 Å². The first-order chi connectivity index (χ1) is 16.9. The summed E-state index contributed by atoms with van der Waals surface area (Å²) in [6, 6.07) is 10.0. The number of hydrogen-bond donors (Lipinski definition) is 1. The van der Waals surface area contributed by atoms with E-state index in [0.717, 1.165) is 36.5 Å². The summed E-state index contributed by atoms with van der Waals surface area (Å²) in [4.78, 5) is 12.1. The zero-order chi connectivity index (χ0) is 26.3. The minimum Gasteiger partial charge on any atom is -0.435 e. The molecule has 1 heterocycles. The number of alkyl halides is 5. The second kappa shape index (κ2) is 9.18. The van der Waals surface area contributed by atoms with E-state index in [1.54, 1.807) is 0 Å². The summed E-state index contributed by atoms with van der Waals surface area (Å²) in [6.45, 7) is -3.19. The van der Waals surface area contributed by atoms with Crippen LogP contribution in [0.1, 0.15) is 15.9 Å². The van der Waals surface area contributed by atoms with E-state index in [0.29, 0.717) is 16.2 Å². The Bertz CT molecular complexity index is 1570. The molecule has 0 spiro atoms. The first-order valence-corrected chi connectivity index (χ1v) is 11.3. The lowest BCUT2D eigenvalue weighted by Gasteiger charge is -2.14. The van der Waals surface area contributed by atoms with Crippen molar-refractivity contribution in [3.05, 3.63) is 83.8 Å². The van der Waals surface area contributed by atoms with Gasteiger partial charge in [0.15, 0.2) is 0 Å². The molecule has 1 amide bonds. The van der Waals surface area contributed by atoms with E-state index in [1.165, 1.54) is 18.2 Å². The van der Waals surface area contributed by atoms with Crippen molar-refractivity contribution in [2.75, 3.05) is 5.32 Å². The molecule has 14 heteroatoms. The number of fused-ring (bicyclic) bond motifs is 1. The van der Waals surface area contributed by atoms with Crippen LogP contribution in [0.4, 0.5) is 32.0 Å². The first kappa shape index (κ1) is 25.0. The van der Waals surface area contributed by atoms with Crippen LogP contribution in [0.3, 0.4) is 0 Å². The van der Waals surface area contributed by atoms with Crippen LogP contribution >= 0.6 is 0 Å². The number of aromatic nitrogens is 2. The van der Waals surface area contributed by atoms with Crippen molar-refractivity contribution in [2.45, 2.75) is 17.7 Å². The van der Waals surface area contributed by atoms with Crippen molar-refractivity contribution in [2.24, 2.45) is 0 Å². The lowest BCUT2D eigenvalue weighted by atomic mass is 10.1. The fraction of sp³-hybridized carbons (Fsp3) is 0.0909. The van der Waals surface area contributed by atoms with Crippen LogP contribution in [-0.2, 0) is 16.2 Å². The lowest BCUT2D eigenvalue weighted by molar-refractivity contribution is -0.138. The predicted octanol–water partition coefficient (Wildman–Crippen LogP) is 5.28. The van der Waals surface area contributed by atoms with Gasteiger partial charge < -0.3 is 10.1 Å². The summed E-state index contributed by atoms with van der Waals surface area (Å²) >= 11 is 0. The molecule has 0 saturated heterocycles. The number of halogens is 6. The van der Waals surface area contributed by atoms with Crippen molar-refractivity contribution in [3.63, 3.8) is 0 Å². The Morgan fingerprint density at radius 3 is 2.44 bits per heavy atom. The highest BCUT2D eigenvalue weighted by Crippen LogP contribution is 2.34. The average Bonchev–Trinajstić information content (AvgIpc) is 3.22. The molecule has 3 aromatic carbocycles. The number of nitrogens with zero attached hydrogens (tertiary/aromatic N) is 2. The van der Waals surface area contributed by atoms with E-state index < -0.39 is 56.3 Å². The van der Waals surface area contributed by atoms with E-state index in [1.807, 2.05) is 0 Å². The van der Waals surface area contributed by atoms with Gasteiger partial charge in [-0.3, -0.25) is 4.79 Å². The molecule has 0 radical (unpaired) electrons. The highest BCUT2D eigenvalue weighted by atomic mass is 32.2. The molecule has 188 valence electrons. The van der Waals surface area contributed by atoms with Crippen molar-refractivity contribution >= 4 is 32.5 Å². The monoisotopic (exact) mass is 529 g/mol. The molecule has 36 heavy (non-hydrogen) atoms. The Morgan fingerprint density at radius 1 is 1.03 bits per heavy atom. The number of ether oxygens (including phenoxy) is 1. The third kappa shape index (κ3) is 4.84. The molecular formula is C22H13F6N3O4S. The van der Waals surface area contributed by atoms with Gasteiger partial charge in [0.1, 0.15) is 11.6 Å². The first-order valence-electron chi connectivity index (χ1n) is 9.83. The molecule has 1 N–H and O–H groups in total. The number of carbonyl (C=O) groups excluding carboxylic acids is 1. The topological polar surface area (TPSA) is 90.3 Å². The molecule has 0 aliphatic heterocycles. The van der Waals surface area contributed by atoms with Crippen LogP contribution in [0, 0.1) is 5.82 Å². The SMILES string of the molecule is O=C(Nc1ccc2cnn(S(=O)(=O)c3cccc(OC(F)F)c3)c2c1)c1c(F)cccc1C(F)(F)F. The normalized spacial score (nSPS) is 12.2. The van der Waals surface area contributed by atoms with Crippen molar-refractivity contribution in [1.82, 2.24) is 9.19 Å². The Morgan fingerprint density at radius 2 is 1.75 bits per heavy atom. The third-order valence-corrected chi connectivity index (χ3v) is 6.49. The van der Waals surface area contributed by atoms with Gasteiger partial charge in [-0.1, -0.05) is 12.1 Å². The van der Waals surface area contributed by atoms with Crippen molar-refractivity contribution in [1.29, 1.82) is 0 Å². The maximum Gasteiger partial charge on any atom is 0.417 e. The standard InChI is InChI=1S/C22H13F6N3O4S/c23-17-6-2-5-16(22(26,27)28)19(17)20(32)30-13-8-7-12-11-29-31(18(12)9-13)36(33,34)15-4-1-3-14(10-15)35-21(24)25/h1-11,21H,(H,30,32). The zero-order valence-electron chi connectivity index (χ0n) is 17.6. The Hall–Kier alpha value is -4.07. The Labute approximate surface area is 199 Å². The lowest BCUT2D eigenvalue weighted by Crippen LogP contribution is -2.20. The molecule has 4 aromatic rings. The van der Waals surface area contributed by atoms with E-state index in [4.69, 9.17) is 0 Å². The molecule has 0 fully saturated rings. The fourth-order valence-electron chi connectivity index (χ4n) is 3.36. The second-order valence-corrected chi connectivity index (χ2v) is 9.00. The molecule has 0 atom stereocenters. The second-order valence-electron chi connectivity index (χ2n) is 7.23. The van der Waals surface area contributed by atoms with E-state index in [2.05, 4.69) is 15.2 Å². The van der Waals surface area contributed by atoms with Gasteiger partial charge in [0, 0.05) is 17.1 Å². The molecule has 0 bridgehead atoms. The minimum atomic E-state index is -5.01. The smallest absolute Gasteiger partial charge is 0.417 e. The molecule has 0 aliphatic carbocycles. The Balaban J connectivity index is 1.72. The van der Waals surface area contributed by atoms with E-state index in [-0.39, 0.29) is 16.6 Å². The minimum absolute atomic E-state index is 0.0995. The van der Waals surface area contributed by atoms with E-state index >= 15 is 0 Å². The van der Waals surface area contributed by atoms with Crippen LogP contribution in [0.15, 0.2) is 71.8 Å². The van der Waals surface area contributed by atoms with Crippen molar-refractivity contribution < 1.29 is 44.3 Å². The molecule has 7 nitrogen and oxygen atoms in total. The average molecular weight is 529 g/mol. The summed E-state index contributed by atoms with van der Waals surface area (Å²) in [7, 11) is -4.45. The largest absolute Gasteiger partial charge is 0.435 e. The van der Waals surface area contributed by atoms with Gasteiger partial charge in [-0.05, 0) is 42.5 Å². The molecule has 4 rings (SSSR count). The molecule has 0 aliphatic rings. The van der Waals surface area contributed by atoms with Gasteiger partial charge in [-0.25, -0.2) is 4.39 Å². The van der Waals surface area contributed by atoms with Crippen LogP contribution in [0.2, 0.25) is 0 Å². The maximum absolute atomic E-state index is 14.1. The number of rotatable bonds is 6. The van der Waals surface area contributed by atoms with Gasteiger partial charge >= 0.3 is 12.8 Å². The van der Waals surface area contributed by atoms with Gasteiger partial charge in [-0.2, -0.15) is 39.6 Å². The number of amides is 1. The number of benzene rings is 3. The summed E-state index contributed by atoms with van der Waals surface area (Å²) in [6.07, 6.45) is -3.84. The summed E-state index contributed by atoms with van der Waals surface area (Å²) < 4.78 is 110. The number of hydrogen-bond acceptors (Lipinski definition) is 5. The number of carbonyl (C=O) groups is 1. The maximum atomic E-state index is 14.1. The van der Waals surface area contributed by atoms with Crippen LogP contribution in [0.25, 0.3) is 10.9 Å².